The van der Waals surface area contributed by atoms with Crippen molar-refractivity contribution in [1.82, 2.24) is 20.5 Å². The first-order valence-electron chi connectivity index (χ1n) is 8.51. The molecule has 1 unspecified atom stereocenters. The highest BCUT2D eigenvalue weighted by Gasteiger charge is 2.28. The summed E-state index contributed by atoms with van der Waals surface area (Å²) in [5.74, 6) is 1.68. The van der Waals surface area contributed by atoms with Crippen LogP contribution in [0.1, 0.15) is 50.9 Å². The molecule has 0 aromatic carbocycles. The summed E-state index contributed by atoms with van der Waals surface area (Å²) in [6.45, 7) is 7.53. The Morgan fingerprint density at radius 2 is 1.86 bits per heavy atom. The number of hydrogen-bond donors (Lipinski definition) is 1. The van der Waals surface area contributed by atoms with Gasteiger partial charge in [-0.05, 0) is 51.0 Å². The van der Waals surface area contributed by atoms with Gasteiger partial charge >= 0.3 is 0 Å². The molecule has 1 atom stereocenters. The van der Waals surface area contributed by atoms with Crippen molar-refractivity contribution in [2.75, 3.05) is 24.5 Å². The topological polar surface area (TPSA) is 53.9 Å². The van der Waals surface area contributed by atoms with Gasteiger partial charge < -0.3 is 10.2 Å². The zero-order valence-electron chi connectivity index (χ0n) is 13.3. The fourth-order valence-corrected chi connectivity index (χ4v) is 3.09. The first-order valence-corrected chi connectivity index (χ1v) is 8.51. The van der Waals surface area contributed by atoms with Crippen molar-refractivity contribution in [2.24, 2.45) is 5.92 Å². The van der Waals surface area contributed by atoms with Gasteiger partial charge in [-0.25, -0.2) is 4.98 Å². The Labute approximate surface area is 127 Å². The number of aryl methyl sites for hydroxylation is 2. The van der Waals surface area contributed by atoms with Gasteiger partial charge in [-0.2, -0.15) is 5.10 Å². The summed E-state index contributed by atoms with van der Waals surface area (Å²) in [5.41, 5.74) is 2.16. The highest BCUT2D eigenvalue weighted by Crippen LogP contribution is 2.31. The quantitative estimate of drug-likeness (QED) is 0.831. The van der Waals surface area contributed by atoms with Crippen LogP contribution in [0.15, 0.2) is 0 Å². The Balaban J connectivity index is 1.76. The van der Waals surface area contributed by atoms with E-state index < -0.39 is 0 Å². The van der Waals surface area contributed by atoms with E-state index in [0.717, 1.165) is 55.7 Å². The molecule has 21 heavy (non-hydrogen) atoms. The van der Waals surface area contributed by atoms with Crippen LogP contribution in [0.4, 0.5) is 5.95 Å². The van der Waals surface area contributed by atoms with Crippen LogP contribution in [-0.2, 0) is 12.8 Å². The van der Waals surface area contributed by atoms with E-state index in [-0.39, 0.29) is 0 Å². The van der Waals surface area contributed by atoms with E-state index in [9.17, 15) is 0 Å². The fourth-order valence-electron chi connectivity index (χ4n) is 3.09. The Morgan fingerprint density at radius 1 is 1.05 bits per heavy atom. The fraction of sp³-hybridized carbons (Fsp3) is 0.812. The monoisotopic (exact) mass is 289 g/mol. The van der Waals surface area contributed by atoms with Crippen molar-refractivity contribution in [3.63, 3.8) is 0 Å². The molecule has 1 aliphatic carbocycles. The van der Waals surface area contributed by atoms with Crippen LogP contribution >= 0.6 is 0 Å². The summed E-state index contributed by atoms with van der Waals surface area (Å²) in [5, 5.41) is 12.4. The minimum atomic E-state index is 0.586. The lowest BCUT2D eigenvalue weighted by Gasteiger charge is -2.26. The van der Waals surface area contributed by atoms with E-state index in [1.807, 2.05) is 0 Å². The first kappa shape index (κ1) is 14.7. The molecule has 1 N–H and O–H groups in total. The minimum Gasteiger partial charge on any atom is -0.338 e. The van der Waals surface area contributed by atoms with Crippen molar-refractivity contribution >= 4 is 5.95 Å². The Hall–Kier alpha value is -1.23. The Bertz CT molecular complexity index is 466. The molecule has 1 aliphatic heterocycles. The molecule has 2 heterocycles. The van der Waals surface area contributed by atoms with Crippen LogP contribution in [0.5, 0.6) is 0 Å². The van der Waals surface area contributed by atoms with E-state index in [1.54, 1.807) is 0 Å². The van der Waals surface area contributed by atoms with E-state index in [0.29, 0.717) is 6.04 Å². The average molecular weight is 289 g/mol. The predicted molar refractivity (Wildman–Crippen MR) is 84.5 cm³/mol. The van der Waals surface area contributed by atoms with Gasteiger partial charge in [0.2, 0.25) is 5.95 Å². The summed E-state index contributed by atoms with van der Waals surface area (Å²) < 4.78 is 0. The second kappa shape index (κ2) is 6.69. The van der Waals surface area contributed by atoms with E-state index in [2.05, 4.69) is 34.3 Å². The van der Waals surface area contributed by atoms with Crippen LogP contribution in [0.2, 0.25) is 0 Å². The van der Waals surface area contributed by atoms with Gasteiger partial charge in [0.15, 0.2) is 0 Å². The molecular formula is C16H27N5. The normalized spacial score (nSPS) is 21.7. The Morgan fingerprint density at radius 3 is 2.48 bits per heavy atom. The van der Waals surface area contributed by atoms with Gasteiger partial charge in [-0.15, -0.1) is 5.10 Å². The smallest absolute Gasteiger partial charge is 0.245 e. The SMILES string of the molecule is CCc1nnc(N(CC2CC2)CC2CCCN2)nc1CC. The van der Waals surface area contributed by atoms with Crippen molar-refractivity contribution in [3.8, 4) is 0 Å². The van der Waals surface area contributed by atoms with Gasteiger partial charge in [0.1, 0.15) is 0 Å². The number of aromatic nitrogens is 3. The van der Waals surface area contributed by atoms with Crippen LogP contribution in [0.25, 0.3) is 0 Å². The molecule has 2 aliphatic rings. The molecule has 1 aromatic rings. The molecule has 5 heteroatoms. The number of rotatable bonds is 7. The lowest BCUT2D eigenvalue weighted by atomic mass is 10.2. The lowest BCUT2D eigenvalue weighted by molar-refractivity contribution is 0.559. The van der Waals surface area contributed by atoms with Gasteiger partial charge in [-0.1, -0.05) is 13.8 Å². The average Bonchev–Trinajstić information content (AvgIpc) is 3.19. The van der Waals surface area contributed by atoms with Crippen molar-refractivity contribution < 1.29 is 0 Å². The third-order valence-electron chi connectivity index (χ3n) is 4.56. The summed E-state index contributed by atoms with van der Waals surface area (Å²) in [4.78, 5) is 7.18. The standard InChI is InChI=1S/C16H27N5/c1-3-14-15(4-2)19-20-16(18-14)21(10-12-7-8-12)11-13-6-5-9-17-13/h12-13,17H,3-11H2,1-2H3. The number of anilines is 1. The second-order valence-corrected chi connectivity index (χ2v) is 6.35. The second-order valence-electron chi connectivity index (χ2n) is 6.35. The maximum absolute atomic E-state index is 4.81. The number of nitrogens with zero attached hydrogens (tertiary/aromatic N) is 4. The maximum atomic E-state index is 4.81. The van der Waals surface area contributed by atoms with E-state index in [4.69, 9.17) is 4.98 Å². The van der Waals surface area contributed by atoms with Crippen molar-refractivity contribution in [2.45, 2.75) is 58.4 Å². The van der Waals surface area contributed by atoms with Gasteiger partial charge in [0.05, 0.1) is 11.4 Å². The molecule has 0 bridgehead atoms. The lowest BCUT2D eigenvalue weighted by Crippen LogP contribution is -2.40. The molecule has 1 saturated heterocycles. The first-order chi connectivity index (χ1) is 10.3. The van der Waals surface area contributed by atoms with Crippen LogP contribution < -0.4 is 10.2 Å². The van der Waals surface area contributed by atoms with Crippen LogP contribution in [0, 0.1) is 5.92 Å². The highest BCUT2D eigenvalue weighted by atomic mass is 15.3. The summed E-state index contributed by atoms with van der Waals surface area (Å²) in [7, 11) is 0. The molecule has 1 aromatic heterocycles. The van der Waals surface area contributed by atoms with Crippen molar-refractivity contribution in [1.29, 1.82) is 0 Å². The predicted octanol–water partition coefficient (Wildman–Crippen LogP) is 1.96. The molecule has 0 spiro atoms. The summed E-state index contributed by atoms with van der Waals surface area (Å²) in [6, 6.07) is 0.586. The molecule has 3 rings (SSSR count). The third-order valence-corrected chi connectivity index (χ3v) is 4.56. The van der Waals surface area contributed by atoms with Gasteiger partial charge in [0.25, 0.3) is 0 Å². The van der Waals surface area contributed by atoms with Crippen LogP contribution in [0.3, 0.4) is 0 Å². The zero-order valence-corrected chi connectivity index (χ0v) is 13.3. The van der Waals surface area contributed by atoms with Crippen molar-refractivity contribution in [3.05, 3.63) is 11.4 Å². The zero-order chi connectivity index (χ0) is 14.7. The molecule has 5 nitrogen and oxygen atoms in total. The third kappa shape index (κ3) is 3.70. The molecular weight excluding hydrogens is 262 g/mol. The molecule has 1 saturated carbocycles. The molecule has 0 amide bonds. The largest absolute Gasteiger partial charge is 0.338 e. The van der Waals surface area contributed by atoms with Gasteiger partial charge in [-0.3, -0.25) is 0 Å². The molecule has 2 fully saturated rings. The number of hydrogen-bond acceptors (Lipinski definition) is 5. The Kier molecular flexibility index (Phi) is 4.68. The molecule has 0 radical (unpaired) electrons. The van der Waals surface area contributed by atoms with Crippen LogP contribution in [-0.4, -0.2) is 40.9 Å². The number of nitrogens with one attached hydrogen (secondary N) is 1. The van der Waals surface area contributed by atoms with E-state index in [1.165, 1.54) is 25.7 Å². The summed E-state index contributed by atoms with van der Waals surface area (Å²) >= 11 is 0. The van der Waals surface area contributed by atoms with Gasteiger partial charge in [0, 0.05) is 19.1 Å². The highest BCUT2D eigenvalue weighted by molar-refractivity contribution is 5.31. The van der Waals surface area contributed by atoms with E-state index >= 15 is 0 Å². The molecule has 116 valence electrons. The maximum Gasteiger partial charge on any atom is 0.245 e. The minimum absolute atomic E-state index is 0.586. The summed E-state index contributed by atoms with van der Waals surface area (Å²) in [6.07, 6.45) is 7.12.